The number of carbonyl (C=O) groups is 1. The summed E-state index contributed by atoms with van der Waals surface area (Å²) in [6.45, 7) is 4.09. The molecule has 134 valence electrons. The molecular weight excluding hydrogens is 436 g/mol. The van der Waals surface area contributed by atoms with Gasteiger partial charge in [-0.1, -0.05) is 32.0 Å². The lowest BCUT2D eigenvalue weighted by Crippen LogP contribution is -2.37. The van der Waals surface area contributed by atoms with Gasteiger partial charge in [0.25, 0.3) is 5.91 Å². The van der Waals surface area contributed by atoms with Gasteiger partial charge in [-0.2, -0.15) is 0 Å². The summed E-state index contributed by atoms with van der Waals surface area (Å²) >= 11 is 2.08. The molecule has 2 aromatic rings. The van der Waals surface area contributed by atoms with E-state index in [2.05, 4.69) is 27.9 Å². The molecule has 0 spiro atoms. The lowest BCUT2D eigenvalue weighted by Gasteiger charge is -2.26. The van der Waals surface area contributed by atoms with Gasteiger partial charge in [-0.05, 0) is 46.4 Å². The van der Waals surface area contributed by atoms with Crippen LogP contribution in [0.3, 0.4) is 0 Å². The SMILES string of the molecule is COc1cc(I)c(C(=O)NCC(C)(C)c2ccccc2F)cc1OC. The Morgan fingerprint density at radius 2 is 1.76 bits per heavy atom. The smallest absolute Gasteiger partial charge is 0.252 e. The van der Waals surface area contributed by atoms with Crippen LogP contribution in [0.4, 0.5) is 4.39 Å². The molecular formula is C19H21FINO3. The van der Waals surface area contributed by atoms with E-state index in [0.717, 1.165) is 3.57 Å². The average molecular weight is 457 g/mol. The molecule has 0 saturated heterocycles. The van der Waals surface area contributed by atoms with E-state index in [4.69, 9.17) is 9.47 Å². The van der Waals surface area contributed by atoms with Crippen LogP contribution < -0.4 is 14.8 Å². The molecule has 0 saturated carbocycles. The van der Waals surface area contributed by atoms with Gasteiger partial charge in [0, 0.05) is 15.5 Å². The van der Waals surface area contributed by atoms with Crippen LogP contribution in [-0.2, 0) is 5.41 Å². The molecule has 0 bridgehead atoms. The minimum atomic E-state index is -0.539. The summed E-state index contributed by atoms with van der Waals surface area (Å²) in [5, 5.41) is 2.89. The predicted molar refractivity (Wildman–Crippen MR) is 104 cm³/mol. The largest absolute Gasteiger partial charge is 0.493 e. The summed E-state index contributed by atoms with van der Waals surface area (Å²) in [5.74, 6) is 0.536. The van der Waals surface area contributed by atoms with Gasteiger partial charge >= 0.3 is 0 Å². The number of halogens is 2. The second-order valence-electron chi connectivity index (χ2n) is 6.23. The Labute approximate surface area is 160 Å². The quantitative estimate of drug-likeness (QED) is 0.664. The summed E-state index contributed by atoms with van der Waals surface area (Å²) < 4.78 is 25.3. The lowest BCUT2D eigenvalue weighted by atomic mass is 9.84. The highest BCUT2D eigenvalue weighted by Gasteiger charge is 2.25. The summed E-state index contributed by atoms with van der Waals surface area (Å²) in [5.41, 5.74) is 0.517. The number of ether oxygens (including phenoxy) is 2. The zero-order valence-corrected chi connectivity index (χ0v) is 16.8. The van der Waals surface area contributed by atoms with Gasteiger partial charge in [0.1, 0.15) is 5.82 Å². The summed E-state index contributed by atoms with van der Waals surface area (Å²) in [6.07, 6.45) is 0. The van der Waals surface area contributed by atoms with Crippen molar-refractivity contribution in [3.63, 3.8) is 0 Å². The number of rotatable bonds is 6. The molecule has 0 fully saturated rings. The Morgan fingerprint density at radius 1 is 1.16 bits per heavy atom. The fraction of sp³-hybridized carbons (Fsp3) is 0.316. The van der Waals surface area contributed by atoms with Crippen molar-refractivity contribution in [1.29, 1.82) is 0 Å². The minimum Gasteiger partial charge on any atom is -0.493 e. The van der Waals surface area contributed by atoms with Crippen LogP contribution >= 0.6 is 22.6 Å². The van der Waals surface area contributed by atoms with E-state index in [1.54, 1.807) is 37.4 Å². The molecule has 0 aliphatic heterocycles. The number of methoxy groups -OCH3 is 2. The third-order valence-electron chi connectivity index (χ3n) is 4.01. The van der Waals surface area contributed by atoms with Crippen LogP contribution in [0.5, 0.6) is 11.5 Å². The topological polar surface area (TPSA) is 47.6 Å². The second-order valence-corrected chi connectivity index (χ2v) is 7.40. The summed E-state index contributed by atoms with van der Waals surface area (Å²) in [4.78, 5) is 12.6. The van der Waals surface area contributed by atoms with Gasteiger partial charge in [-0.15, -0.1) is 0 Å². The molecule has 0 aliphatic carbocycles. The third kappa shape index (κ3) is 4.42. The van der Waals surface area contributed by atoms with E-state index in [9.17, 15) is 9.18 Å². The van der Waals surface area contributed by atoms with Crippen molar-refractivity contribution < 1.29 is 18.7 Å². The first-order valence-electron chi connectivity index (χ1n) is 7.75. The van der Waals surface area contributed by atoms with Crippen LogP contribution in [0.25, 0.3) is 0 Å². The highest BCUT2D eigenvalue weighted by Crippen LogP contribution is 2.31. The van der Waals surface area contributed by atoms with Gasteiger partial charge in [-0.25, -0.2) is 4.39 Å². The average Bonchev–Trinajstić information content (AvgIpc) is 2.59. The first-order valence-corrected chi connectivity index (χ1v) is 8.82. The Kier molecular flexibility index (Phi) is 6.26. The molecule has 0 atom stereocenters. The number of hydrogen-bond acceptors (Lipinski definition) is 3. The van der Waals surface area contributed by atoms with Gasteiger partial charge in [0.05, 0.1) is 19.8 Å². The fourth-order valence-electron chi connectivity index (χ4n) is 2.53. The molecule has 0 aromatic heterocycles. The van der Waals surface area contributed by atoms with Gasteiger partial charge in [0.2, 0.25) is 0 Å². The zero-order chi connectivity index (χ0) is 18.6. The maximum atomic E-state index is 14.0. The zero-order valence-electron chi connectivity index (χ0n) is 14.7. The van der Waals surface area contributed by atoms with Crippen molar-refractivity contribution in [3.8, 4) is 11.5 Å². The molecule has 0 heterocycles. The number of amides is 1. The molecule has 6 heteroatoms. The normalized spacial score (nSPS) is 11.1. The number of nitrogens with one attached hydrogen (secondary N) is 1. The fourth-order valence-corrected chi connectivity index (χ4v) is 3.21. The molecule has 2 aromatic carbocycles. The van der Waals surface area contributed by atoms with Crippen molar-refractivity contribution in [2.24, 2.45) is 0 Å². The van der Waals surface area contributed by atoms with E-state index in [0.29, 0.717) is 29.2 Å². The Morgan fingerprint density at radius 3 is 2.36 bits per heavy atom. The van der Waals surface area contributed by atoms with Gasteiger partial charge in [-0.3, -0.25) is 4.79 Å². The minimum absolute atomic E-state index is 0.241. The van der Waals surface area contributed by atoms with Crippen molar-refractivity contribution in [2.45, 2.75) is 19.3 Å². The predicted octanol–water partition coefficient (Wildman–Crippen LogP) is 4.16. The summed E-state index contributed by atoms with van der Waals surface area (Å²) in [7, 11) is 3.07. The molecule has 25 heavy (non-hydrogen) atoms. The Bertz CT molecular complexity index is 777. The third-order valence-corrected chi connectivity index (χ3v) is 4.90. The number of carbonyl (C=O) groups excluding carboxylic acids is 1. The molecule has 0 radical (unpaired) electrons. The molecule has 1 amide bonds. The van der Waals surface area contributed by atoms with E-state index in [1.807, 2.05) is 13.8 Å². The Balaban J connectivity index is 2.19. The van der Waals surface area contributed by atoms with Crippen LogP contribution in [0.15, 0.2) is 36.4 Å². The van der Waals surface area contributed by atoms with E-state index < -0.39 is 5.41 Å². The standard InChI is InChI=1S/C19H21FINO3/c1-19(2,13-7-5-6-8-14(13)20)11-22-18(23)12-9-16(24-3)17(25-4)10-15(12)21/h5-10H,11H2,1-4H3,(H,22,23). The number of hydrogen-bond donors (Lipinski definition) is 1. The van der Waals surface area contributed by atoms with Crippen molar-refractivity contribution in [2.75, 3.05) is 20.8 Å². The van der Waals surface area contributed by atoms with Crippen molar-refractivity contribution >= 4 is 28.5 Å². The van der Waals surface area contributed by atoms with Crippen molar-refractivity contribution in [3.05, 3.63) is 56.9 Å². The highest BCUT2D eigenvalue weighted by molar-refractivity contribution is 14.1. The maximum absolute atomic E-state index is 14.0. The molecule has 4 nitrogen and oxygen atoms in total. The summed E-state index contributed by atoms with van der Waals surface area (Å²) in [6, 6.07) is 10.00. The maximum Gasteiger partial charge on any atom is 0.252 e. The number of benzene rings is 2. The van der Waals surface area contributed by atoms with Gasteiger partial charge in [0.15, 0.2) is 11.5 Å². The lowest BCUT2D eigenvalue weighted by molar-refractivity contribution is 0.0944. The van der Waals surface area contributed by atoms with E-state index in [-0.39, 0.29) is 11.7 Å². The first-order chi connectivity index (χ1) is 11.8. The van der Waals surface area contributed by atoms with Crippen LogP contribution in [0, 0.1) is 9.39 Å². The molecule has 1 N–H and O–H groups in total. The Hall–Kier alpha value is -1.83. The second kappa shape index (κ2) is 8.03. The van der Waals surface area contributed by atoms with Crippen LogP contribution in [-0.4, -0.2) is 26.7 Å². The molecule has 0 unspecified atom stereocenters. The van der Waals surface area contributed by atoms with Gasteiger partial charge < -0.3 is 14.8 Å². The van der Waals surface area contributed by atoms with Crippen molar-refractivity contribution in [1.82, 2.24) is 5.32 Å². The van der Waals surface area contributed by atoms with E-state index in [1.165, 1.54) is 13.2 Å². The molecule has 0 aliphatic rings. The highest BCUT2D eigenvalue weighted by atomic mass is 127. The molecule has 2 rings (SSSR count). The first kappa shape index (κ1) is 19.5. The van der Waals surface area contributed by atoms with Crippen LogP contribution in [0.2, 0.25) is 0 Å². The van der Waals surface area contributed by atoms with Crippen LogP contribution in [0.1, 0.15) is 29.8 Å². The monoisotopic (exact) mass is 457 g/mol. The van der Waals surface area contributed by atoms with E-state index >= 15 is 0 Å².